The topological polar surface area (TPSA) is 70.2 Å². The SMILES string of the molecule is CCC(CC)NC(=O)Nc1cccc(C(=O)NC)c1. The molecule has 19 heavy (non-hydrogen) atoms. The van der Waals surface area contributed by atoms with Crippen LogP contribution in [-0.4, -0.2) is 25.0 Å². The molecule has 0 aliphatic carbocycles. The number of rotatable bonds is 5. The third-order valence-electron chi connectivity index (χ3n) is 2.93. The zero-order valence-electron chi connectivity index (χ0n) is 11.6. The molecule has 0 radical (unpaired) electrons. The van der Waals surface area contributed by atoms with Gasteiger partial charge in [0.1, 0.15) is 0 Å². The molecule has 3 N–H and O–H groups in total. The zero-order chi connectivity index (χ0) is 14.3. The van der Waals surface area contributed by atoms with E-state index < -0.39 is 0 Å². The van der Waals surface area contributed by atoms with Crippen molar-refractivity contribution in [2.75, 3.05) is 12.4 Å². The van der Waals surface area contributed by atoms with E-state index in [-0.39, 0.29) is 18.0 Å². The fraction of sp³-hybridized carbons (Fsp3) is 0.429. The molecular formula is C14H21N3O2. The largest absolute Gasteiger partial charge is 0.355 e. The lowest BCUT2D eigenvalue weighted by atomic mass is 10.2. The summed E-state index contributed by atoms with van der Waals surface area (Å²) in [6, 6.07) is 6.74. The molecule has 0 unspecified atom stereocenters. The fourth-order valence-corrected chi connectivity index (χ4v) is 1.73. The molecule has 0 saturated heterocycles. The number of urea groups is 1. The first kappa shape index (κ1) is 15.0. The van der Waals surface area contributed by atoms with Crippen LogP contribution in [0.4, 0.5) is 10.5 Å². The summed E-state index contributed by atoms with van der Waals surface area (Å²) in [7, 11) is 1.57. The van der Waals surface area contributed by atoms with Gasteiger partial charge in [0.05, 0.1) is 0 Å². The van der Waals surface area contributed by atoms with Crippen molar-refractivity contribution in [1.29, 1.82) is 0 Å². The van der Waals surface area contributed by atoms with Gasteiger partial charge >= 0.3 is 6.03 Å². The summed E-state index contributed by atoms with van der Waals surface area (Å²) >= 11 is 0. The quantitative estimate of drug-likeness (QED) is 0.763. The van der Waals surface area contributed by atoms with E-state index in [0.717, 1.165) is 12.8 Å². The summed E-state index contributed by atoms with van der Waals surface area (Å²) in [5.41, 5.74) is 1.12. The first-order valence-corrected chi connectivity index (χ1v) is 6.50. The number of benzene rings is 1. The van der Waals surface area contributed by atoms with Crippen molar-refractivity contribution >= 4 is 17.6 Å². The second-order valence-electron chi connectivity index (χ2n) is 4.27. The van der Waals surface area contributed by atoms with Crippen LogP contribution in [-0.2, 0) is 0 Å². The van der Waals surface area contributed by atoms with Crippen LogP contribution in [0.1, 0.15) is 37.0 Å². The van der Waals surface area contributed by atoms with E-state index in [4.69, 9.17) is 0 Å². The third-order valence-corrected chi connectivity index (χ3v) is 2.93. The van der Waals surface area contributed by atoms with E-state index in [0.29, 0.717) is 11.3 Å². The lowest BCUT2D eigenvalue weighted by Gasteiger charge is -2.15. The molecule has 0 heterocycles. The minimum absolute atomic E-state index is 0.169. The predicted octanol–water partition coefficient (Wildman–Crippen LogP) is 2.36. The smallest absolute Gasteiger partial charge is 0.319 e. The van der Waals surface area contributed by atoms with Crippen molar-refractivity contribution in [1.82, 2.24) is 10.6 Å². The number of carbonyl (C=O) groups excluding carboxylic acids is 2. The van der Waals surface area contributed by atoms with Gasteiger partial charge in [-0.15, -0.1) is 0 Å². The van der Waals surface area contributed by atoms with Gasteiger partial charge in [0, 0.05) is 24.3 Å². The summed E-state index contributed by atoms with van der Waals surface area (Å²) in [5.74, 6) is -0.177. The molecule has 0 saturated carbocycles. The molecule has 0 aliphatic heterocycles. The highest BCUT2D eigenvalue weighted by molar-refractivity contribution is 5.96. The van der Waals surface area contributed by atoms with Crippen molar-refractivity contribution in [2.24, 2.45) is 0 Å². The van der Waals surface area contributed by atoms with Crippen molar-refractivity contribution < 1.29 is 9.59 Å². The van der Waals surface area contributed by atoms with Crippen LogP contribution in [0.25, 0.3) is 0 Å². The minimum atomic E-state index is -0.247. The normalized spacial score (nSPS) is 10.1. The standard InChI is InChI=1S/C14H21N3O2/c1-4-11(5-2)16-14(19)17-12-8-6-7-10(9-12)13(18)15-3/h6-9,11H,4-5H2,1-3H3,(H,15,18)(H2,16,17,19). The van der Waals surface area contributed by atoms with Crippen LogP contribution in [0, 0.1) is 0 Å². The number of nitrogens with one attached hydrogen (secondary N) is 3. The lowest BCUT2D eigenvalue weighted by molar-refractivity contribution is 0.0963. The van der Waals surface area contributed by atoms with E-state index in [1.54, 1.807) is 31.3 Å². The van der Waals surface area contributed by atoms with Crippen LogP contribution >= 0.6 is 0 Å². The first-order valence-electron chi connectivity index (χ1n) is 6.50. The number of hydrogen-bond donors (Lipinski definition) is 3. The second kappa shape index (κ2) is 7.41. The lowest BCUT2D eigenvalue weighted by Crippen LogP contribution is -2.37. The number of amides is 3. The van der Waals surface area contributed by atoms with E-state index >= 15 is 0 Å². The molecule has 0 aliphatic rings. The Morgan fingerprint density at radius 1 is 1.21 bits per heavy atom. The Labute approximate surface area is 113 Å². The molecule has 0 atom stereocenters. The van der Waals surface area contributed by atoms with Gasteiger partial charge in [0.25, 0.3) is 5.91 Å². The molecule has 0 aromatic heterocycles. The fourth-order valence-electron chi connectivity index (χ4n) is 1.73. The summed E-state index contributed by atoms with van der Waals surface area (Å²) in [4.78, 5) is 23.3. The molecule has 104 valence electrons. The maximum absolute atomic E-state index is 11.8. The summed E-state index contributed by atoms with van der Waals surface area (Å²) in [6.07, 6.45) is 1.78. The van der Waals surface area contributed by atoms with Crippen LogP contribution in [0.3, 0.4) is 0 Å². The van der Waals surface area contributed by atoms with Crippen LogP contribution in [0.5, 0.6) is 0 Å². The van der Waals surface area contributed by atoms with Gasteiger partial charge in [0.15, 0.2) is 0 Å². The Morgan fingerprint density at radius 2 is 1.89 bits per heavy atom. The molecule has 0 spiro atoms. The average molecular weight is 263 g/mol. The highest BCUT2D eigenvalue weighted by Gasteiger charge is 2.09. The van der Waals surface area contributed by atoms with E-state index in [1.807, 2.05) is 13.8 Å². The Morgan fingerprint density at radius 3 is 2.47 bits per heavy atom. The van der Waals surface area contributed by atoms with Gasteiger partial charge in [-0.05, 0) is 31.0 Å². The summed E-state index contributed by atoms with van der Waals surface area (Å²) in [5, 5.41) is 8.15. The monoisotopic (exact) mass is 263 g/mol. The Kier molecular flexibility index (Phi) is 5.85. The Balaban J connectivity index is 2.66. The minimum Gasteiger partial charge on any atom is -0.355 e. The molecule has 3 amide bonds. The second-order valence-corrected chi connectivity index (χ2v) is 4.27. The van der Waals surface area contributed by atoms with E-state index in [9.17, 15) is 9.59 Å². The van der Waals surface area contributed by atoms with E-state index in [2.05, 4.69) is 16.0 Å². The van der Waals surface area contributed by atoms with Crippen LogP contribution in [0.15, 0.2) is 24.3 Å². The zero-order valence-corrected chi connectivity index (χ0v) is 11.6. The van der Waals surface area contributed by atoms with Crippen molar-refractivity contribution in [3.05, 3.63) is 29.8 Å². The molecule has 5 heteroatoms. The van der Waals surface area contributed by atoms with Crippen LogP contribution in [0.2, 0.25) is 0 Å². The summed E-state index contributed by atoms with van der Waals surface area (Å²) < 4.78 is 0. The molecule has 1 aromatic carbocycles. The highest BCUT2D eigenvalue weighted by Crippen LogP contribution is 2.10. The number of carbonyl (C=O) groups is 2. The predicted molar refractivity (Wildman–Crippen MR) is 76.4 cm³/mol. The van der Waals surface area contributed by atoms with Gasteiger partial charge < -0.3 is 16.0 Å². The Bertz CT molecular complexity index is 442. The van der Waals surface area contributed by atoms with Crippen molar-refractivity contribution in [2.45, 2.75) is 32.7 Å². The number of anilines is 1. The first-order chi connectivity index (χ1) is 9.10. The van der Waals surface area contributed by atoms with Crippen molar-refractivity contribution in [3.8, 4) is 0 Å². The highest BCUT2D eigenvalue weighted by atomic mass is 16.2. The Hall–Kier alpha value is -2.04. The van der Waals surface area contributed by atoms with Crippen molar-refractivity contribution in [3.63, 3.8) is 0 Å². The van der Waals surface area contributed by atoms with Gasteiger partial charge in [0.2, 0.25) is 0 Å². The third kappa shape index (κ3) is 4.62. The van der Waals surface area contributed by atoms with E-state index in [1.165, 1.54) is 0 Å². The maximum Gasteiger partial charge on any atom is 0.319 e. The molecule has 5 nitrogen and oxygen atoms in total. The molecule has 0 fully saturated rings. The maximum atomic E-state index is 11.8. The number of hydrogen-bond acceptors (Lipinski definition) is 2. The van der Waals surface area contributed by atoms with Gasteiger partial charge in [-0.2, -0.15) is 0 Å². The van der Waals surface area contributed by atoms with Gasteiger partial charge in [-0.3, -0.25) is 4.79 Å². The average Bonchev–Trinajstić information content (AvgIpc) is 2.44. The summed E-state index contributed by atoms with van der Waals surface area (Å²) in [6.45, 7) is 4.06. The van der Waals surface area contributed by atoms with Crippen LogP contribution < -0.4 is 16.0 Å². The van der Waals surface area contributed by atoms with Gasteiger partial charge in [-0.1, -0.05) is 19.9 Å². The molecule has 1 rings (SSSR count). The molecular weight excluding hydrogens is 242 g/mol. The van der Waals surface area contributed by atoms with Gasteiger partial charge in [-0.25, -0.2) is 4.79 Å². The molecule has 1 aromatic rings. The molecule has 0 bridgehead atoms.